The summed E-state index contributed by atoms with van der Waals surface area (Å²) in [5, 5.41) is 0.0352. The summed E-state index contributed by atoms with van der Waals surface area (Å²) >= 11 is 1.69. The van der Waals surface area contributed by atoms with Gasteiger partial charge in [0.15, 0.2) is 5.03 Å². The lowest BCUT2D eigenvalue weighted by atomic mass is 10.3. The van der Waals surface area contributed by atoms with E-state index < -0.39 is 10.0 Å². The molecule has 1 heterocycles. The minimum absolute atomic E-state index is 0.0352. The van der Waals surface area contributed by atoms with E-state index in [1.54, 1.807) is 17.8 Å². The number of thioether (sulfide) groups is 1. The van der Waals surface area contributed by atoms with Crippen LogP contribution in [0.15, 0.2) is 23.4 Å². The molecule has 0 saturated carbocycles. The molecule has 18 heavy (non-hydrogen) atoms. The van der Waals surface area contributed by atoms with Crippen molar-refractivity contribution < 1.29 is 8.42 Å². The molecular formula is C11H19N3O2S2. The Bertz CT molecular complexity index is 460. The molecule has 0 saturated heterocycles. The van der Waals surface area contributed by atoms with Crippen LogP contribution in [0.5, 0.6) is 0 Å². The van der Waals surface area contributed by atoms with Crippen molar-refractivity contribution in [3.8, 4) is 0 Å². The average Bonchev–Trinajstić information content (AvgIpc) is 2.36. The topological polar surface area (TPSA) is 85.1 Å². The summed E-state index contributed by atoms with van der Waals surface area (Å²) in [4.78, 5) is 3.92. The molecule has 1 aromatic heterocycles. The average molecular weight is 289 g/mol. The molecule has 0 amide bonds. The Morgan fingerprint density at radius 1 is 1.50 bits per heavy atom. The van der Waals surface area contributed by atoms with Crippen LogP contribution in [-0.4, -0.2) is 30.9 Å². The number of nitrogens with two attached hydrogens (primary N) is 1. The van der Waals surface area contributed by atoms with E-state index in [-0.39, 0.29) is 11.1 Å². The van der Waals surface area contributed by atoms with Gasteiger partial charge < -0.3 is 5.73 Å². The number of hydrogen-bond acceptors (Lipinski definition) is 5. The van der Waals surface area contributed by atoms with Gasteiger partial charge in [-0.1, -0.05) is 13.0 Å². The highest BCUT2D eigenvalue weighted by Gasteiger charge is 2.18. The maximum absolute atomic E-state index is 12.0. The SMILES string of the molecule is CCSCC(C)NS(=O)(=O)c1ccc(CN)cn1. The first-order chi connectivity index (χ1) is 8.49. The molecule has 0 bridgehead atoms. The van der Waals surface area contributed by atoms with Crippen molar-refractivity contribution in [1.29, 1.82) is 0 Å². The summed E-state index contributed by atoms with van der Waals surface area (Å²) in [6, 6.07) is 3.04. The monoisotopic (exact) mass is 289 g/mol. The van der Waals surface area contributed by atoms with Crippen LogP contribution in [0, 0.1) is 0 Å². The fourth-order valence-electron chi connectivity index (χ4n) is 1.34. The van der Waals surface area contributed by atoms with E-state index in [0.29, 0.717) is 6.54 Å². The van der Waals surface area contributed by atoms with Crippen molar-refractivity contribution in [3.05, 3.63) is 23.9 Å². The Hall–Kier alpha value is -0.630. The molecule has 7 heteroatoms. The molecule has 3 N–H and O–H groups in total. The predicted octanol–water partition coefficient (Wildman–Crippen LogP) is 0.960. The van der Waals surface area contributed by atoms with Crippen LogP contribution >= 0.6 is 11.8 Å². The molecule has 0 aliphatic carbocycles. The molecule has 1 atom stereocenters. The summed E-state index contributed by atoms with van der Waals surface area (Å²) in [6.07, 6.45) is 1.49. The number of aromatic nitrogens is 1. The number of nitrogens with one attached hydrogen (secondary N) is 1. The molecule has 0 aromatic carbocycles. The molecule has 1 aromatic rings. The normalized spacial score (nSPS) is 13.5. The summed E-state index contributed by atoms with van der Waals surface area (Å²) < 4.78 is 26.6. The van der Waals surface area contributed by atoms with E-state index in [1.165, 1.54) is 12.3 Å². The smallest absolute Gasteiger partial charge is 0.258 e. The molecule has 102 valence electrons. The van der Waals surface area contributed by atoms with E-state index in [0.717, 1.165) is 17.1 Å². The molecule has 0 fully saturated rings. The fraction of sp³-hybridized carbons (Fsp3) is 0.545. The minimum Gasteiger partial charge on any atom is -0.326 e. The van der Waals surface area contributed by atoms with E-state index in [4.69, 9.17) is 5.73 Å². The first-order valence-electron chi connectivity index (χ1n) is 5.74. The van der Waals surface area contributed by atoms with Crippen molar-refractivity contribution >= 4 is 21.8 Å². The van der Waals surface area contributed by atoms with Crippen LogP contribution in [-0.2, 0) is 16.6 Å². The van der Waals surface area contributed by atoms with Crippen molar-refractivity contribution in [2.24, 2.45) is 5.73 Å². The highest BCUT2D eigenvalue weighted by molar-refractivity contribution is 7.99. The number of sulfonamides is 1. The van der Waals surface area contributed by atoms with Gasteiger partial charge in [0.05, 0.1) is 0 Å². The molecule has 0 spiro atoms. The molecule has 1 unspecified atom stereocenters. The van der Waals surface area contributed by atoms with Gasteiger partial charge in [0.1, 0.15) is 0 Å². The summed E-state index contributed by atoms with van der Waals surface area (Å²) in [5.74, 6) is 1.71. The van der Waals surface area contributed by atoms with Crippen LogP contribution in [0.3, 0.4) is 0 Å². The molecule has 0 aliphatic rings. The lowest BCUT2D eigenvalue weighted by Crippen LogP contribution is -2.34. The third-order valence-corrected chi connectivity index (χ3v) is 4.89. The van der Waals surface area contributed by atoms with E-state index >= 15 is 0 Å². The van der Waals surface area contributed by atoms with Gasteiger partial charge in [-0.3, -0.25) is 0 Å². The van der Waals surface area contributed by atoms with Gasteiger partial charge in [0.2, 0.25) is 0 Å². The zero-order chi connectivity index (χ0) is 13.6. The summed E-state index contributed by atoms with van der Waals surface area (Å²) in [5.41, 5.74) is 6.25. The van der Waals surface area contributed by atoms with Gasteiger partial charge in [-0.15, -0.1) is 0 Å². The molecule has 1 rings (SSSR count). The zero-order valence-electron chi connectivity index (χ0n) is 10.6. The van der Waals surface area contributed by atoms with Gasteiger partial charge in [-0.25, -0.2) is 18.1 Å². The lowest BCUT2D eigenvalue weighted by molar-refractivity contribution is 0.567. The van der Waals surface area contributed by atoms with Gasteiger partial charge in [-0.05, 0) is 24.3 Å². The van der Waals surface area contributed by atoms with Crippen molar-refractivity contribution in [2.45, 2.75) is 31.5 Å². The summed E-state index contributed by atoms with van der Waals surface area (Å²) in [7, 11) is -3.53. The van der Waals surface area contributed by atoms with Crippen LogP contribution in [0.2, 0.25) is 0 Å². The Labute approximate surface area is 113 Å². The van der Waals surface area contributed by atoms with Crippen LogP contribution < -0.4 is 10.5 Å². The van der Waals surface area contributed by atoms with E-state index in [1.807, 2.05) is 13.8 Å². The Balaban J connectivity index is 2.73. The van der Waals surface area contributed by atoms with Gasteiger partial charge >= 0.3 is 0 Å². The number of pyridine rings is 1. The number of nitrogens with zero attached hydrogens (tertiary/aromatic N) is 1. The third kappa shape index (κ3) is 4.56. The first kappa shape index (κ1) is 15.4. The van der Waals surface area contributed by atoms with E-state index in [9.17, 15) is 8.42 Å². The highest BCUT2D eigenvalue weighted by Crippen LogP contribution is 2.09. The second kappa shape index (κ2) is 7.08. The number of hydrogen-bond donors (Lipinski definition) is 2. The standard InChI is InChI=1S/C11H19N3O2S2/c1-3-17-8-9(2)14-18(15,16)11-5-4-10(6-12)7-13-11/h4-5,7,9,14H,3,6,8,12H2,1-2H3. The van der Waals surface area contributed by atoms with E-state index in [2.05, 4.69) is 9.71 Å². The second-order valence-electron chi connectivity index (χ2n) is 3.89. The quantitative estimate of drug-likeness (QED) is 0.781. The Kier molecular flexibility index (Phi) is 6.07. The third-order valence-electron chi connectivity index (χ3n) is 2.24. The minimum atomic E-state index is -3.53. The lowest BCUT2D eigenvalue weighted by Gasteiger charge is -2.13. The van der Waals surface area contributed by atoms with Crippen LogP contribution in [0.1, 0.15) is 19.4 Å². The Morgan fingerprint density at radius 3 is 2.72 bits per heavy atom. The highest BCUT2D eigenvalue weighted by atomic mass is 32.2. The van der Waals surface area contributed by atoms with Crippen LogP contribution in [0.25, 0.3) is 0 Å². The van der Waals surface area contributed by atoms with Gasteiger partial charge in [-0.2, -0.15) is 11.8 Å². The maximum atomic E-state index is 12.0. The summed E-state index contributed by atoms with van der Waals surface area (Å²) in [6.45, 7) is 4.23. The first-order valence-corrected chi connectivity index (χ1v) is 8.38. The molecule has 0 aliphatic heterocycles. The fourth-order valence-corrected chi connectivity index (χ4v) is 3.30. The second-order valence-corrected chi connectivity index (χ2v) is 6.87. The van der Waals surface area contributed by atoms with Crippen molar-refractivity contribution in [2.75, 3.05) is 11.5 Å². The Morgan fingerprint density at radius 2 is 2.22 bits per heavy atom. The maximum Gasteiger partial charge on any atom is 0.258 e. The number of rotatable bonds is 7. The van der Waals surface area contributed by atoms with Crippen molar-refractivity contribution in [3.63, 3.8) is 0 Å². The zero-order valence-corrected chi connectivity index (χ0v) is 12.2. The largest absolute Gasteiger partial charge is 0.326 e. The van der Waals surface area contributed by atoms with Gasteiger partial charge in [0, 0.05) is 24.5 Å². The predicted molar refractivity (Wildman–Crippen MR) is 74.9 cm³/mol. The molecule has 0 radical (unpaired) electrons. The van der Waals surface area contributed by atoms with Gasteiger partial charge in [0.25, 0.3) is 10.0 Å². The molecule has 5 nitrogen and oxygen atoms in total. The van der Waals surface area contributed by atoms with Crippen LogP contribution in [0.4, 0.5) is 0 Å². The van der Waals surface area contributed by atoms with Crippen molar-refractivity contribution in [1.82, 2.24) is 9.71 Å². The molecular weight excluding hydrogens is 270 g/mol.